The van der Waals surface area contributed by atoms with Gasteiger partial charge in [-0.2, -0.15) is 0 Å². The molecule has 7 rings (SSSR count). The molecule has 0 aliphatic carbocycles. The number of para-hydroxylation sites is 1. The molecule has 0 unspecified atom stereocenters. The van der Waals surface area contributed by atoms with E-state index >= 15 is 0 Å². The van der Waals surface area contributed by atoms with Crippen LogP contribution < -0.4 is 16.0 Å². The number of hydrogen-bond acceptors (Lipinski definition) is 8. The van der Waals surface area contributed by atoms with Gasteiger partial charge in [0, 0.05) is 75.3 Å². The van der Waals surface area contributed by atoms with E-state index in [9.17, 15) is 29.1 Å². The molecule has 0 saturated carbocycles. The number of carbonyl (C=O) groups is 5. The number of hydrogen-bond donors (Lipinski definition) is 4. The fraction of sp³-hybridized carbons (Fsp3) is 0.312. The maximum atomic E-state index is 14.8. The number of carbonyl (C=O) groups excluding carboxylic acids is 5. The highest BCUT2D eigenvalue weighted by molar-refractivity contribution is 5.99. The van der Waals surface area contributed by atoms with Gasteiger partial charge in [-0.15, -0.1) is 6.58 Å². The number of rotatable bonds is 17. The lowest BCUT2D eigenvalue weighted by molar-refractivity contribution is -0.189. The number of benzene rings is 4. The number of amides is 5. The van der Waals surface area contributed by atoms with E-state index in [1.54, 1.807) is 57.1 Å². The lowest BCUT2D eigenvalue weighted by atomic mass is 9.97. The number of urea groups is 1. The number of fused-ring (bicyclic) bond motifs is 2. The number of phenols is 1. The van der Waals surface area contributed by atoms with E-state index in [1.165, 1.54) is 0 Å². The van der Waals surface area contributed by atoms with Gasteiger partial charge in [0.1, 0.15) is 23.7 Å². The molecule has 2 aliphatic rings. The Labute approximate surface area is 361 Å². The van der Waals surface area contributed by atoms with Crippen LogP contribution in [0.25, 0.3) is 22.0 Å². The molecular weight excluding hydrogens is 785 g/mol. The summed E-state index contributed by atoms with van der Waals surface area (Å²) in [7, 11) is 1.97. The van der Waals surface area contributed by atoms with E-state index < -0.39 is 18.2 Å². The summed E-state index contributed by atoms with van der Waals surface area (Å²) in [5.41, 5.74) is 6.15. The number of piperazine rings is 1. The summed E-state index contributed by atoms with van der Waals surface area (Å²) < 4.78 is 2.05. The third kappa shape index (κ3) is 10.0. The first-order valence-electron chi connectivity index (χ1n) is 21.0. The van der Waals surface area contributed by atoms with Crippen molar-refractivity contribution in [3.05, 3.63) is 133 Å². The van der Waals surface area contributed by atoms with Crippen LogP contribution in [0.2, 0.25) is 0 Å². The van der Waals surface area contributed by atoms with Gasteiger partial charge in [-0.25, -0.2) is 14.8 Å². The van der Waals surface area contributed by atoms with E-state index in [2.05, 4.69) is 28.7 Å². The first-order chi connectivity index (χ1) is 30.0. The fourth-order valence-electron chi connectivity index (χ4n) is 8.39. The van der Waals surface area contributed by atoms with Gasteiger partial charge in [0.15, 0.2) is 0 Å². The zero-order valence-corrected chi connectivity index (χ0v) is 35.3. The number of ketones is 1. The number of aromatic hydroxyl groups is 1. The van der Waals surface area contributed by atoms with E-state index in [0.29, 0.717) is 38.0 Å². The summed E-state index contributed by atoms with van der Waals surface area (Å²) in [6, 6.07) is 28.6. The Bertz CT molecular complexity index is 2420. The van der Waals surface area contributed by atoms with Crippen molar-refractivity contribution < 1.29 is 29.1 Å². The molecule has 5 amide bonds. The van der Waals surface area contributed by atoms with Crippen molar-refractivity contribution in [2.24, 2.45) is 7.05 Å². The Balaban J connectivity index is 1.14. The van der Waals surface area contributed by atoms with Crippen LogP contribution in [0.5, 0.6) is 5.75 Å². The fourth-order valence-corrected chi connectivity index (χ4v) is 8.39. The minimum absolute atomic E-state index is 0.0697. The standard InChI is InChI=1S/C48H54N8O6/c1-4-26-54-32-45(60)55-42(27-34-15-21-39(58)22-16-34)47(61)53(31-44(55)56(54)48(62)50-28-35-10-6-5-7-11-35)29-37-12-8-13-40-41(30-52(3)46(37)40)36-17-19-38(20-18-36)51-43(59)14-9-24-49-25-23-33(2)57/h4-8,10-13,15-22,30,42,44,49,58H,1,9,14,23-29,31-32H2,2-3H3,(H,50,62)(H,51,59)/t42-,44-/m0/s1. The largest absolute Gasteiger partial charge is 0.508 e. The van der Waals surface area contributed by atoms with Crippen LogP contribution in [-0.2, 0) is 45.7 Å². The molecule has 0 radical (unpaired) electrons. The van der Waals surface area contributed by atoms with Gasteiger partial charge in [0.05, 0.1) is 18.6 Å². The molecule has 5 aromatic rings. The smallest absolute Gasteiger partial charge is 0.334 e. The average molecular weight is 839 g/mol. The summed E-state index contributed by atoms with van der Waals surface area (Å²) >= 11 is 0. The molecule has 2 saturated heterocycles. The minimum atomic E-state index is -0.919. The van der Waals surface area contributed by atoms with Gasteiger partial charge in [-0.05, 0) is 66.4 Å². The van der Waals surface area contributed by atoms with E-state index in [4.69, 9.17) is 0 Å². The zero-order valence-electron chi connectivity index (χ0n) is 35.3. The van der Waals surface area contributed by atoms with Gasteiger partial charge in [-0.1, -0.05) is 78.9 Å². The van der Waals surface area contributed by atoms with E-state index in [1.807, 2.05) is 84.4 Å². The number of hydrazine groups is 1. The van der Waals surface area contributed by atoms with Crippen LogP contribution in [0, 0.1) is 0 Å². The van der Waals surface area contributed by atoms with Gasteiger partial charge < -0.3 is 35.4 Å². The minimum Gasteiger partial charge on any atom is -0.508 e. The molecular formula is C48H54N8O6. The highest BCUT2D eigenvalue weighted by Gasteiger charge is 2.51. The molecule has 322 valence electrons. The summed E-state index contributed by atoms with van der Waals surface area (Å²) in [6.07, 6.45) is 4.58. The molecule has 2 aliphatic heterocycles. The molecule has 0 spiro atoms. The molecule has 1 aromatic heterocycles. The average Bonchev–Trinajstić information content (AvgIpc) is 3.60. The molecule has 62 heavy (non-hydrogen) atoms. The topological polar surface area (TPSA) is 160 Å². The Hall–Kier alpha value is -6.77. The van der Waals surface area contributed by atoms with Crippen LogP contribution >= 0.6 is 0 Å². The van der Waals surface area contributed by atoms with Crippen molar-refractivity contribution in [2.75, 3.05) is 38.0 Å². The second-order valence-corrected chi connectivity index (χ2v) is 15.9. The number of anilines is 1. The number of nitrogens with zero attached hydrogens (tertiary/aromatic N) is 5. The van der Waals surface area contributed by atoms with Gasteiger partial charge >= 0.3 is 6.03 Å². The normalized spacial score (nSPS) is 16.6. The Morgan fingerprint density at radius 1 is 0.887 bits per heavy atom. The SMILES string of the molecule is C=CCN1CC(=O)N2[C@@H](Cc3ccc(O)cc3)C(=O)N(Cc3cccc4c(-c5ccc(NC(=O)CCCNCCC(C)=O)cc5)cn(C)c34)C[C@@H]2N1C(=O)NCc1ccccc1. The summed E-state index contributed by atoms with van der Waals surface area (Å²) in [5.74, 6) is -0.359. The Kier molecular flexibility index (Phi) is 13.8. The maximum Gasteiger partial charge on any atom is 0.334 e. The third-order valence-electron chi connectivity index (χ3n) is 11.4. The number of aryl methyl sites for hydroxylation is 1. The van der Waals surface area contributed by atoms with Crippen molar-refractivity contribution in [2.45, 2.75) is 57.9 Å². The van der Waals surface area contributed by atoms with Crippen molar-refractivity contribution in [1.29, 1.82) is 0 Å². The van der Waals surface area contributed by atoms with Gasteiger partial charge in [0.25, 0.3) is 0 Å². The van der Waals surface area contributed by atoms with Crippen molar-refractivity contribution in [1.82, 2.24) is 35.0 Å². The van der Waals surface area contributed by atoms with Gasteiger partial charge in [-0.3, -0.25) is 19.2 Å². The highest BCUT2D eigenvalue weighted by Crippen LogP contribution is 2.35. The first-order valence-corrected chi connectivity index (χ1v) is 21.0. The number of phenolic OH excluding ortho intramolecular Hbond substituents is 1. The molecule has 2 atom stereocenters. The summed E-state index contributed by atoms with van der Waals surface area (Å²) in [4.78, 5) is 70.1. The molecule has 4 aromatic carbocycles. The molecule has 14 nitrogen and oxygen atoms in total. The summed E-state index contributed by atoms with van der Waals surface area (Å²) in [5, 5.41) is 23.4. The van der Waals surface area contributed by atoms with E-state index in [-0.39, 0.29) is 68.4 Å². The maximum absolute atomic E-state index is 14.8. The molecule has 0 bridgehead atoms. The van der Waals surface area contributed by atoms with Crippen LogP contribution in [0.3, 0.4) is 0 Å². The van der Waals surface area contributed by atoms with Gasteiger partial charge in [0.2, 0.25) is 17.7 Å². The molecule has 2 fully saturated rings. The Morgan fingerprint density at radius 3 is 2.37 bits per heavy atom. The second-order valence-electron chi connectivity index (χ2n) is 15.9. The van der Waals surface area contributed by atoms with Crippen molar-refractivity contribution in [3.8, 4) is 16.9 Å². The van der Waals surface area contributed by atoms with Crippen LogP contribution in [-0.4, -0.2) is 104 Å². The second kappa shape index (κ2) is 19.7. The van der Waals surface area contributed by atoms with Crippen molar-refractivity contribution >= 4 is 46.1 Å². The summed E-state index contributed by atoms with van der Waals surface area (Å²) in [6.45, 7) is 7.42. The number of aromatic nitrogens is 1. The van der Waals surface area contributed by atoms with Crippen LogP contribution in [0.15, 0.2) is 116 Å². The van der Waals surface area contributed by atoms with Crippen LogP contribution in [0.4, 0.5) is 10.5 Å². The molecule has 3 heterocycles. The first kappa shape index (κ1) is 43.3. The number of nitrogens with one attached hydrogen (secondary N) is 3. The monoisotopic (exact) mass is 838 g/mol. The lowest BCUT2D eigenvalue weighted by Crippen LogP contribution is -2.76. The van der Waals surface area contributed by atoms with E-state index in [0.717, 1.165) is 38.7 Å². The quantitative estimate of drug-likeness (QED) is 0.0699. The molecule has 14 heteroatoms. The zero-order chi connectivity index (χ0) is 43.8. The Morgan fingerprint density at radius 2 is 1.65 bits per heavy atom. The van der Waals surface area contributed by atoms with Crippen LogP contribution in [0.1, 0.15) is 42.9 Å². The van der Waals surface area contributed by atoms with Crippen molar-refractivity contribution in [3.63, 3.8) is 0 Å². The highest BCUT2D eigenvalue weighted by atomic mass is 16.3. The predicted molar refractivity (Wildman–Crippen MR) is 238 cm³/mol. The third-order valence-corrected chi connectivity index (χ3v) is 11.4. The predicted octanol–water partition coefficient (Wildman–Crippen LogP) is 5.57. The lowest BCUT2D eigenvalue weighted by Gasteiger charge is -2.55. The molecule has 4 N–H and O–H groups in total. The number of Topliss-reactive ketones (excluding diaryl/α,β-unsaturated/α-hetero) is 1.